The summed E-state index contributed by atoms with van der Waals surface area (Å²) in [5.41, 5.74) is 0. The molecule has 0 radical (unpaired) electrons. The lowest BCUT2D eigenvalue weighted by Crippen LogP contribution is -2.14. The van der Waals surface area contributed by atoms with Crippen molar-refractivity contribution in [1.82, 2.24) is 5.32 Å². The number of hydrogen-bond acceptors (Lipinski definition) is 1. The molecule has 0 aliphatic carbocycles. The van der Waals surface area contributed by atoms with E-state index in [-0.39, 0.29) is 0 Å². The lowest BCUT2D eigenvalue weighted by molar-refractivity contribution is 1.16. The molecule has 0 aliphatic rings. The van der Waals surface area contributed by atoms with Gasteiger partial charge in [-0.05, 0) is 6.08 Å². The molecule has 0 saturated carbocycles. The van der Waals surface area contributed by atoms with Crippen LogP contribution in [0.25, 0.3) is 0 Å². The molecule has 2 heteroatoms. The molecule has 0 fully saturated rings. The van der Waals surface area contributed by atoms with Crippen molar-refractivity contribution in [2.24, 2.45) is 4.99 Å². The van der Waals surface area contributed by atoms with Gasteiger partial charge in [-0.3, -0.25) is 4.99 Å². The van der Waals surface area contributed by atoms with Gasteiger partial charge in [0.2, 0.25) is 0 Å². The summed E-state index contributed by atoms with van der Waals surface area (Å²) < 4.78 is 0. The molecule has 0 unspecified atom stereocenters. The van der Waals surface area contributed by atoms with Gasteiger partial charge in [0.15, 0.2) is 0 Å². The van der Waals surface area contributed by atoms with E-state index in [4.69, 9.17) is 0 Å². The molecule has 0 rings (SSSR count). The SMILES string of the molecule is C=C/C=C\C(=NC)NC. The third kappa shape index (κ3) is 3.53. The number of nitrogens with zero attached hydrogens (tertiary/aromatic N) is 1. The summed E-state index contributed by atoms with van der Waals surface area (Å²) in [6.45, 7) is 3.53. The average molecular weight is 124 g/mol. The Morgan fingerprint density at radius 1 is 1.67 bits per heavy atom. The van der Waals surface area contributed by atoms with E-state index in [9.17, 15) is 0 Å². The monoisotopic (exact) mass is 124 g/mol. The molecule has 0 spiro atoms. The molecule has 0 aromatic carbocycles. The van der Waals surface area contributed by atoms with Gasteiger partial charge < -0.3 is 5.32 Å². The van der Waals surface area contributed by atoms with Crippen LogP contribution in [0.15, 0.2) is 29.8 Å². The van der Waals surface area contributed by atoms with E-state index in [0.29, 0.717) is 0 Å². The third-order valence-corrected chi connectivity index (χ3v) is 0.887. The van der Waals surface area contributed by atoms with E-state index in [1.807, 2.05) is 19.2 Å². The summed E-state index contributed by atoms with van der Waals surface area (Å²) >= 11 is 0. The highest BCUT2D eigenvalue weighted by molar-refractivity contribution is 5.92. The van der Waals surface area contributed by atoms with Crippen molar-refractivity contribution in [3.8, 4) is 0 Å². The van der Waals surface area contributed by atoms with Crippen LogP contribution >= 0.6 is 0 Å². The van der Waals surface area contributed by atoms with Crippen LogP contribution in [-0.2, 0) is 0 Å². The minimum Gasteiger partial charge on any atom is -0.373 e. The molecular formula is C7H12N2. The van der Waals surface area contributed by atoms with Crippen LogP contribution in [0.4, 0.5) is 0 Å². The Morgan fingerprint density at radius 2 is 2.33 bits per heavy atom. The first-order valence-corrected chi connectivity index (χ1v) is 2.78. The van der Waals surface area contributed by atoms with Gasteiger partial charge in [-0.25, -0.2) is 0 Å². The van der Waals surface area contributed by atoms with E-state index in [0.717, 1.165) is 5.84 Å². The zero-order valence-corrected chi connectivity index (χ0v) is 5.89. The van der Waals surface area contributed by atoms with Gasteiger partial charge in [-0.2, -0.15) is 0 Å². The minimum absolute atomic E-state index is 0.856. The quantitative estimate of drug-likeness (QED) is 0.331. The van der Waals surface area contributed by atoms with Crippen molar-refractivity contribution < 1.29 is 0 Å². The molecule has 9 heavy (non-hydrogen) atoms. The number of aliphatic imine (C=N–C) groups is 1. The number of likely N-dealkylation sites (N-methyl/N-ethyl adjacent to an activating group) is 1. The zero-order chi connectivity index (χ0) is 7.11. The van der Waals surface area contributed by atoms with Crippen molar-refractivity contribution in [2.45, 2.75) is 0 Å². The Balaban J connectivity index is 3.84. The molecule has 0 bridgehead atoms. The van der Waals surface area contributed by atoms with Gasteiger partial charge >= 0.3 is 0 Å². The van der Waals surface area contributed by atoms with Crippen LogP contribution in [0.1, 0.15) is 0 Å². The smallest absolute Gasteiger partial charge is 0.120 e. The molecule has 0 heterocycles. The van der Waals surface area contributed by atoms with Crippen LogP contribution in [-0.4, -0.2) is 19.9 Å². The fraction of sp³-hybridized carbons (Fsp3) is 0.286. The van der Waals surface area contributed by atoms with Crippen molar-refractivity contribution in [2.75, 3.05) is 14.1 Å². The number of allylic oxidation sites excluding steroid dienone is 2. The van der Waals surface area contributed by atoms with Gasteiger partial charge in [0.25, 0.3) is 0 Å². The van der Waals surface area contributed by atoms with E-state index in [1.165, 1.54) is 0 Å². The van der Waals surface area contributed by atoms with Crippen molar-refractivity contribution >= 4 is 5.84 Å². The summed E-state index contributed by atoms with van der Waals surface area (Å²) in [5, 5.41) is 2.90. The van der Waals surface area contributed by atoms with Gasteiger partial charge in [-0.15, -0.1) is 0 Å². The molecular weight excluding hydrogens is 112 g/mol. The topological polar surface area (TPSA) is 24.4 Å². The lowest BCUT2D eigenvalue weighted by Gasteiger charge is -1.93. The molecule has 50 valence electrons. The van der Waals surface area contributed by atoms with Crippen molar-refractivity contribution in [3.63, 3.8) is 0 Å². The van der Waals surface area contributed by atoms with Crippen LogP contribution < -0.4 is 5.32 Å². The Hall–Kier alpha value is -1.05. The minimum atomic E-state index is 0.856. The summed E-state index contributed by atoms with van der Waals surface area (Å²) in [4.78, 5) is 3.92. The zero-order valence-electron chi connectivity index (χ0n) is 5.89. The summed E-state index contributed by atoms with van der Waals surface area (Å²) in [6, 6.07) is 0. The molecule has 2 nitrogen and oxygen atoms in total. The number of rotatable bonds is 2. The Kier molecular flexibility index (Phi) is 4.50. The molecule has 0 atom stereocenters. The second kappa shape index (κ2) is 5.09. The summed E-state index contributed by atoms with van der Waals surface area (Å²) in [6.07, 6.45) is 5.40. The highest BCUT2D eigenvalue weighted by Crippen LogP contribution is 1.75. The van der Waals surface area contributed by atoms with Crippen LogP contribution in [0.3, 0.4) is 0 Å². The predicted molar refractivity (Wildman–Crippen MR) is 41.8 cm³/mol. The second-order valence-corrected chi connectivity index (χ2v) is 1.45. The molecule has 1 N–H and O–H groups in total. The number of hydrogen-bond donors (Lipinski definition) is 1. The maximum absolute atomic E-state index is 3.92. The van der Waals surface area contributed by atoms with Gasteiger partial charge in [-0.1, -0.05) is 18.7 Å². The highest BCUT2D eigenvalue weighted by atomic mass is 14.9. The van der Waals surface area contributed by atoms with Crippen molar-refractivity contribution in [1.29, 1.82) is 0 Å². The van der Waals surface area contributed by atoms with Crippen LogP contribution in [0, 0.1) is 0 Å². The largest absolute Gasteiger partial charge is 0.373 e. The first kappa shape index (κ1) is 7.95. The second-order valence-electron chi connectivity index (χ2n) is 1.45. The molecule has 0 aromatic rings. The fourth-order valence-corrected chi connectivity index (χ4v) is 0.429. The van der Waals surface area contributed by atoms with Crippen LogP contribution in [0.5, 0.6) is 0 Å². The average Bonchev–Trinajstić information content (AvgIpc) is 1.91. The van der Waals surface area contributed by atoms with Crippen LogP contribution in [0.2, 0.25) is 0 Å². The molecule has 0 saturated heterocycles. The van der Waals surface area contributed by atoms with E-state index in [2.05, 4.69) is 16.9 Å². The maximum Gasteiger partial charge on any atom is 0.120 e. The lowest BCUT2D eigenvalue weighted by atomic mass is 10.4. The number of amidine groups is 1. The standard InChI is InChI=1S/C7H12N2/c1-4-5-6-7(8-2)9-3/h4-6H,1H2,2-3H3,(H,8,9)/b6-5-. The normalized spacial score (nSPS) is 12.0. The van der Waals surface area contributed by atoms with E-state index >= 15 is 0 Å². The first-order valence-electron chi connectivity index (χ1n) is 2.78. The van der Waals surface area contributed by atoms with Gasteiger partial charge in [0.05, 0.1) is 0 Å². The Bertz CT molecular complexity index is 134. The predicted octanol–water partition coefficient (Wildman–Crippen LogP) is 0.976. The molecule has 0 amide bonds. The van der Waals surface area contributed by atoms with E-state index < -0.39 is 0 Å². The third-order valence-electron chi connectivity index (χ3n) is 0.887. The summed E-state index contributed by atoms with van der Waals surface area (Å²) in [5.74, 6) is 0.856. The van der Waals surface area contributed by atoms with Crippen molar-refractivity contribution in [3.05, 3.63) is 24.8 Å². The molecule has 0 aliphatic heterocycles. The maximum atomic E-state index is 3.92. The fourth-order valence-electron chi connectivity index (χ4n) is 0.429. The Morgan fingerprint density at radius 3 is 2.67 bits per heavy atom. The number of nitrogens with one attached hydrogen (secondary N) is 1. The first-order chi connectivity index (χ1) is 4.35. The van der Waals surface area contributed by atoms with Gasteiger partial charge in [0, 0.05) is 14.1 Å². The molecule has 0 aromatic heterocycles. The Labute approximate surface area is 56.0 Å². The highest BCUT2D eigenvalue weighted by Gasteiger charge is 1.79. The van der Waals surface area contributed by atoms with E-state index in [1.54, 1.807) is 13.1 Å². The van der Waals surface area contributed by atoms with Gasteiger partial charge in [0.1, 0.15) is 5.84 Å². The summed E-state index contributed by atoms with van der Waals surface area (Å²) in [7, 11) is 3.56.